The van der Waals surface area contributed by atoms with E-state index in [0.717, 1.165) is 40.9 Å². The summed E-state index contributed by atoms with van der Waals surface area (Å²) in [6.45, 7) is 1.88. The van der Waals surface area contributed by atoms with E-state index in [4.69, 9.17) is 0 Å². The number of rotatable bonds is 6. The lowest BCUT2D eigenvalue weighted by Crippen LogP contribution is -2.25. The van der Waals surface area contributed by atoms with Crippen molar-refractivity contribution in [3.05, 3.63) is 28.2 Å². The van der Waals surface area contributed by atoms with Crippen LogP contribution in [0.4, 0.5) is 0 Å². The number of halogens is 1. The summed E-state index contributed by atoms with van der Waals surface area (Å²) in [4.78, 5) is 0. The molecule has 0 atom stereocenters. The smallest absolute Gasteiger partial charge is 0.134 e. The molecule has 2 fully saturated rings. The number of para-hydroxylation sites is 1. The molecular weight excluding hydrogens is 290 g/mol. The standard InChI is InChI=1S/C15H20BrNO/c16-14-3-1-2-12(15(14)18)8-17-9-13(10-4-5-10)11-6-7-11/h1-3,10-11,13,17-18H,4-9H2. The third-order valence-electron chi connectivity index (χ3n) is 4.22. The van der Waals surface area contributed by atoms with E-state index < -0.39 is 0 Å². The van der Waals surface area contributed by atoms with Crippen LogP contribution < -0.4 is 5.32 Å². The van der Waals surface area contributed by atoms with Crippen molar-refractivity contribution in [3.63, 3.8) is 0 Å². The van der Waals surface area contributed by atoms with Crippen molar-refractivity contribution < 1.29 is 5.11 Å². The van der Waals surface area contributed by atoms with E-state index >= 15 is 0 Å². The van der Waals surface area contributed by atoms with Gasteiger partial charge in [0.1, 0.15) is 5.75 Å². The van der Waals surface area contributed by atoms with E-state index in [9.17, 15) is 5.11 Å². The average Bonchev–Trinajstić information content (AvgIpc) is 3.23. The van der Waals surface area contributed by atoms with Crippen molar-refractivity contribution in [1.29, 1.82) is 0 Å². The predicted octanol–water partition coefficient (Wildman–Crippen LogP) is 3.68. The number of nitrogens with one attached hydrogen (secondary N) is 1. The molecule has 2 aliphatic rings. The summed E-state index contributed by atoms with van der Waals surface area (Å²) in [5.41, 5.74) is 0.981. The first-order valence-corrected chi connectivity index (χ1v) is 7.72. The number of hydrogen-bond acceptors (Lipinski definition) is 2. The summed E-state index contributed by atoms with van der Waals surface area (Å²) in [7, 11) is 0. The van der Waals surface area contributed by atoms with Gasteiger partial charge in [-0.25, -0.2) is 0 Å². The fraction of sp³-hybridized carbons (Fsp3) is 0.600. The molecule has 0 unspecified atom stereocenters. The summed E-state index contributed by atoms with van der Waals surface area (Å²) < 4.78 is 0.780. The van der Waals surface area contributed by atoms with Gasteiger partial charge in [-0.3, -0.25) is 0 Å². The lowest BCUT2D eigenvalue weighted by atomic mass is 9.98. The Balaban J connectivity index is 1.52. The molecule has 1 aromatic carbocycles. The third-order valence-corrected chi connectivity index (χ3v) is 4.86. The molecule has 98 valence electrons. The monoisotopic (exact) mass is 309 g/mol. The van der Waals surface area contributed by atoms with Gasteiger partial charge >= 0.3 is 0 Å². The molecule has 3 heteroatoms. The molecular formula is C15H20BrNO. The van der Waals surface area contributed by atoms with Crippen molar-refractivity contribution in [2.45, 2.75) is 32.2 Å². The highest BCUT2D eigenvalue weighted by Crippen LogP contribution is 2.48. The van der Waals surface area contributed by atoms with Crippen LogP contribution in [0.15, 0.2) is 22.7 Å². The zero-order chi connectivity index (χ0) is 12.5. The Morgan fingerprint density at radius 3 is 2.50 bits per heavy atom. The van der Waals surface area contributed by atoms with Crippen LogP contribution in [0, 0.1) is 17.8 Å². The second-order valence-electron chi connectivity index (χ2n) is 5.72. The molecule has 0 saturated heterocycles. The van der Waals surface area contributed by atoms with Crippen LogP contribution in [-0.4, -0.2) is 11.7 Å². The number of phenols is 1. The van der Waals surface area contributed by atoms with Crippen LogP contribution >= 0.6 is 15.9 Å². The maximum atomic E-state index is 9.92. The maximum absolute atomic E-state index is 9.92. The average molecular weight is 310 g/mol. The van der Waals surface area contributed by atoms with Crippen LogP contribution in [0.5, 0.6) is 5.75 Å². The molecule has 0 aromatic heterocycles. The fourth-order valence-electron chi connectivity index (χ4n) is 2.84. The lowest BCUT2D eigenvalue weighted by Gasteiger charge is -2.16. The van der Waals surface area contributed by atoms with Gasteiger partial charge in [0.25, 0.3) is 0 Å². The highest BCUT2D eigenvalue weighted by Gasteiger charge is 2.40. The molecule has 0 radical (unpaired) electrons. The van der Waals surface area contributed by atoms with E-state index in [1.54, 1.807) is 0 Å². The van der Waals surface area contributed by atoms with Gasteiger partial charge in [-0.1, -0.05) is 12.1 Å². The van der Waals surface area contributed by atoms with Gasteiger partial charge in [0.05, 0.1) is 4.47 Å². The molecule has 1 aromatic rings. The Labute approximate surface area is 117 Å². The summed E-state index contributed by atoms with van der Waals surface area (Å²) in [5.74, 6) is 3.24. The topological polar surface area (TPSA) is 32.3 Å². The minimum atomic E-state index is 0.374. The predicted molar refractivity (Wildman–Crippen MR) is 76.5 cm³/mol. The summed E-state index contributed by atoms with van der Waals surface area (Å²) >= 11 is 3.36. The van der Waals surface area contributed by atoms with Crippen LogP contribution in [-0.2, 0) is 6.54 Å². The van der Waals surface area contributed by atoms with Gasteiger partial charge in [-0.05, 0) is 72.0 Å². The minimum Gasteiger partial charge on any atom is -0.506 e. The largest absolute Gasteiger partial charge is 0.506 e. The highest BCUT2D eigenvalue weighted by atomic mass is 79.9. The molecule has 2 aliphatic carbocycles. The van der Waals surface area contributed by atoms with Crippen molar-refractivity contribution in [3.8, 4) is 5.75 Å². The van der Waals surface area contributed by atoms with Gasteiger partial charge < -0.3 is 10.4 Å². The molecule has 0 aliphatic heterocycles. The molecule has 2 saturated carbocycles. The van der Waals surface area contributed by atoms with E-state index in [1.807, 2.05) is 18.2 Å². The summed E-state index contributed by atoms with van der Waals surface area (Å²) in [5, 5.41) is 13.5. The van der Waals surface area contributed by atoms with Gasteiger partial charge in [0.2, 0.25) is 0 Å². The molecule has 18 heavy (non-hydrogen) atoms. The van der Waals surface area contributed by atoms with Crippen molar-refractivity contribution in [1.82, 2.24) is 5.32 Å². The minimum absolute atomic E-state index is 0.374. The Hall–Kier alpha value is -0.540. The first kappa shape index (κ1) is 12.5. The van der Waals surface area contributed by atoms with E-state index in [1.165, 1.54) is 25.7 Å². The Morgan fingerprint density at radius 2 is 1.89 bits per heavy atom. The zero-order valence-corrected chi connectivity index (χ0v) is 12.1. The number of benzene rings is 1. The number of hydrogen-bond donors (Lipinski definition) is 2. The molecule has 3 rings (SSSR count). The number of aromatic hydroxyl groups is 1. The Kier molecular flexibility index (Phi) is 3.62. The second kappa shape index (κ2) is 5.22. The summed E-state index contributed by atoms with van der Waals surface area (Å²) in [6.07, 6.45) is 5.74. The highest BCUT2D eigenvalue weighted by molar-refractivity contribution is 9.10. The first-order chi connectivity index (χ1) is 8.75. The van der Waals surface area contributed by atoms with Gasteiger partial charge in [0, 0.05) is 12.1 Å². The zero-order valence-electron chi connectivity index (χ0n) is 10.5. The summed E-state index contributed by atoms with van der Waals surface area (Å²) in [6, 6.07) is 5.83. The van der Waals surface area contributed by atoms with E-state index in [-0.39, 0.29) is 0 Å². The van der Waals surface area contributed by atoms with Gasteiger partial charge in [-0.2, -0.15) is 0 Å². The van der Waals surface area contributed by atoms with Crippen LogP contribution in [0.25, 0.3) is 0 Å². The van der Waals surface area contributed by atoms with Crippen molar-refractivity contribution in [2.75, 3.05) is 6.54 Å². The van der Waals surface area contributed by atoms with Gasteiger partial charge in [-0.15, -0.1) is 0 Å². The van der Waals surface area contributed by atoms with Crippen molar-refractivity contribution in [2.24, 2.45) is 17.8 Å². The molecule has 2 nitrogen and oxygen atoms in total. The Morgan fingerprint density at radius 1 is 1.22 bits per heavy atom. The van der Waals surface area contributed by atoms with Crippen LogP contribution in [0.3, 0.4) is 0 Å². The second-order valence-corrected chi connectivity index (χ2v) is 6.57. The van der Waals surface area contributed by atoms with Crippen molar-refractivity contribution >= 4 is 15.9 Å². The SMILES string of the molecule is Oc1c(Br)cccc1CNCC(C1CC1)C1CC1. The fourth-order valence-corrected chi connectivity index (χ4v) is 3.25. The maximum Gasteiger partial charge on any atom is 0.134 e. The molecule has 0 spiro atoms. The first-order valence-electron chi connectivity index (χ1n) is 6.93. The third kappa shape index (κ3) is 2.89. The molecule has 0 amide bonds. The normalized spacial score (nSPS) is 19.4. The Bertz CT molecular complexity index is 415. The van der Waals surface area contributed by atoms with E-state index in [0.29, 0.717) is 5.75 Å². The van der Waals surface area contributed by atoms with Crippen LogP contribution in [0.1, 0.15) is 31.2 Å². The number of phenolic OH excluding ortho intramolecular Hbond substituents is 1. The lowest BCUT2D eigenvalue weighted by molar-refractivity contribution is 0.376. The quantitative estimate of drug-likeness (QED) is 0.840. The van der Waals surface area contributed by atoms with Gasteiger partial charge in [0.15, 0.2) is 0 Å². The molecule has 0 heterocycles. The van der Waals surface area contributed by atoms with E-state index in [2.05, 4.69) is 21.2 Å². The molecule has 2 N–H and O–H groups in total. The molecule has 0 bridgehead atoms. The van der Waals surface area contributed by atoms with Crippen LogP contribution in [0.2, 0.25) is 0 Å².